The second-order valence-corrected chi connectivity index (χ2v) is 10.1. The maximum Gasteiger partial charge on any atom is 0.269 e. The van der Waals surface area contributed by atoms with Gasteiger partial charge in [-0.2, -0.15) is 8.42 Å². The lowest BCUT2D eigenvalue weighted by molar-refractivity contribution is -0.0187. The number of benzene rings is 2. The molecule has 0 N–H and O–H groups in total. The molecule has 0 bridgehead atoms. The maximum atomic E-state index is 13.3. The zero-order chi connectivity index (χ0) is 21.4. The number of likely N-dealkylation sites (tertiary alicyclic amines) is 1. The highest BCUT2D eigenvalue weighted by molar-refractivity contribution is 7.86. The molecule has 1 aliphatic carbocycles. The highest BCUT2D eigenvalue weighted by Gasteiger charge is 2.47. The van der Waals surface area contributed by atoms with Gasteiger partial charge in [0.05, 0.1) is 5.75 Å². The molecule has 31 heavy (non-hydrogen) atoms. The normalized spacial score (nSPS) is 28.4. The first-order valence-electron chi connectivity index (χ1n) is 10.7. The summed E-state index contributed by atoms with van der Waals surface area (Å²) in [4.78, 5) is 1.99. The molecule has 0 aromatic heterocycles. The van der Waals surface area contributed by atoms with Gasteiger partial charge < -0.3 is 9.47 Å². The predicted octanol–water partition coefficient (Wildman–Crippen LogP) is 3.35. The molecular formula is C23H26FNO5S. The minimum Gasteiger partial charge on any atom is -0.347 e. The molecule has 3 aliphatic rings. The smallest absolute Gasteiger partial charge is 0.269 e. The molecule has 2 fully saturated rings. The SMILES string of the molecule is O=S(=O)(CCN1CC(c2ccc(F)cc2)C2OCOC21)OC1CCCc2ccccc21. The van der Waals surface area contributed by atoms with Crippen molar-refractivity contribution in [3.05, 3.63) is 71.0 Å². The molecule has 4 atom stereocenters. The number of rotatable bonds is 6. The van der Waals surface area contributed by atoms with Crippen LogP contribution >= 0.6 is 0 Å². The van der Waals surface area contributed by atoms with Crippen molar-refractivity contribution in [1.82, 2.24) is 4.90 Å². The maximum absolute atomic E-state index is 13.3. The van der Waals surface area contributed by atoms with E-state index in [-0.39, 0.29) is 36.6 Å². The summed E-state index contributed by atoms with van der Waals surface area (Å²) in [5.74, 6) is -0.401. The number of hydrogen-bond acceptors (Lipinski definition) is 6. The molecule has 2 aromatic carbocycles. The van der Waals surface area contributed by atoms with Gasteiger partial charge in [0.1, 0.15) is 31.0 Å². The molecule has 166 valence electrons. The standard InChI is InChI=1S/C23H26FNO5S/c24-18-10-8-17(9-11-18)20-14-25(23-22(20)28-15-29-23)12-13-31(26,27)30-21-7-3-5-16-4-1-2-6-19(16)21/h1-2,4,6,8-11,20-23H,3,5,7,12-15H2. The average molecular weight is 448 g/mol. The fourth-order valence-corrected chi connectivity index (χ4v) is 6.05. The van der Waals surface area contributed by atoms with Crippen molar-refractivity contribution in [3.8, 4) is 0 Å². The zero-order valence-corrected chi connectivity index (χ0v) is 18.0. The van der Waals surface area contributed by atoms with Gasteiger partial charge in [0.2, 0.25) is 0 Å². The molecule has 0 radical (unpaired) electrons. The van der Waals surface area contributed by atoms with Gasteiger partial charge in [-0.25, -0.2) is 4.39 Å². The molecule has 5 rings (SSSR count). The van der Waals surface area contributed by atoms with Crippen LogP contribution in [0.4, 0.5) is 4.39 Å². The summed E-state index contributed by atoms with van der Waals surface area (Å²) in [6, 6.07) is 14.3. The molecule has 8 heteroatoms. The second-order valence-electron chi connectivity index (χ2n) is 8.40. The summed E-state index contributed by atoms with van der Waals surface area (Å²) in [6.07, 6.45) is 1.65. The first-order valence-corrected chi connectivity index (χ1v) is 12.3. The molecule has 2 aromatic rings. The Kier molecular flexibility index (Phi) is 5.83. The highest BCUT2D eigenvalue weighted by atomic mass is 32.2. The molecule has 4 unspecified atom stereocenters. The molecule has 2 heterocycles. The van der Waals surface area contributed by atoms with E-state index in [9.17, 15) is 12.8 Å². The van der Waals surface area contributed by atoms with E-state index < -0.39 is 16.2 Å². The van der Waals surface area contributed by atoms with E-state index >= 15 is 0 Å². The van der Waals surface area contributed by atoms with Crippen molar-refractivity contribution < 1.29 is 26.5 Å². The quantitative estimate of drug-likeness (QED) is 0.633. The first-order chi connectivity index (χ1) is 15.0. The van der Waals surface area contributed by atoms with E-state index in [1.54, 1.807) is 12.1 Å². The van der Waals surface area contributed by atoms with Crippen LogP contribution < -0.4 is 0 Å². The lowest BCUT2D eigenvalue weighted by Crippen LogP contribution is -2.37. The minimum absolute atomic E-state index is 0.00180. The Morgan fingerprint density at radius 3 is 2.74 bits per heavy atom. The number of fused-ring (bicyclic) bond motifs is 2. The molecule has 6 nitrogen and oxygen atoms in total. The second kappa shape index (κ2) is 8.60. The number of hydrogen-bond donors (Lipinski definition) is 0. The molecular weight excluding hydrogens is 421 g/mol. The van der Waals surface area contributed by atoms with Crippen molar-refractivity contribution in [3.63, 3.8) is 0 Å². The Balaban J connectivity index is 1.25. The van der Waals surface area contributed by atoms with Crippen LogP contribution in [0.2, 0.25) is 0 Å². The van der Waals surface area contributed by atoms with Gasteiger partial charge in [0.15, 0.2) is 0 Å². The van der Waals surface area contributed by atoms with Crippen molar-refractivity contribution in [2.45, 2.75) is 43.6 Å². The Morgan fingerprint density at radius 1 is 1.10 bits per heavy atom. The van der Waals surface area contributed by atoms with E-state index in [2.05, 4.69) is 0 Å². The van der Waals surface area contributed by atoms with Crippen LogP contribution in [0.25, 0.3) is 0 Å². The minimum atomic E-state index is -3.72. The van der Waals surface area contributed by atoms with Gasteiger partial charge >= 0.3 is 0 Å². The summed E-state index contributed by atoms with van der Waals surface area (Å²) < 4.78 is 56.0. The van der Waals surface area contributed by atoms with E-state index in [1.165, 1.54) is 12.1 Å². The van der Waals surface area contributed by atoms with E-state index in [0.717, 1.165) is 29.5 Å². The summed E-state index contributed by atoms with van der Waals surface area (Å²) in [5, 5.41) is 0. The summed E-state index contributed by atoms with van der Waals surface area (Å²) in [6.45, 7) is 1.05. The fraction of sp³-hybridized carbons (Fsp3) is 0.478. The first kappa shape index (κ1) is 21.0. The van der Waals surface area contributed by atoms with Gasteiger partial charge in [0.25, 0.3) is 10.1 Å². The Morgan fingerprint density at radius 2 is 1.90 bits per heavy atom. The number of nitrogens with zero attached hydrogens (tertiary/aromatic N) is 1. The summed E-state index contributed by atoms with van der Waals surface area (Å²) in [5.41, 5.74) is 3.10. The Bertz CT molecular complexity index is 1030. The largest absolute Gasteiger partial charge is 0.347 e. The van der Waals surface area contributed by atoms with Gasteiger partial charge in [-0.1, -0.05) is 36.4 Å². The molecule has 0 spiro atoms. The lowest BCUT2D eigenvalue weighted by Gasteiger charge is -2.26. The Hall–Kier alpha value is -1.84. The van der Waals surface area contributed by atoms with Gasteiger partial charge in [-0.05, 0) is 48.1 Å². The van der Waals surface area contributed by atoms with Crippen molar-refractivity contribution in [1.29, 1.82) is 0 Å². The van der Waals surface area contributed by atoms with Crippen LogP contribution in [0.1, 0.15) is 41.6 Å². The van der Waals surface area contributed by atoms with Gasteiger partial charge in [-0.15, -0.1) is 0 Å². The fourth-order valence-electron chi connectivity index (χ4n) is 4.94. The molecule has 2 aliphatic heterocycles. The third-order valence-corrected chi connectivity index (χ3v) is 7.68. The van der Waals surface area contributed by atoms with Crippen LogP contribution in [0.3, 0.4) is 0 Å². The van der Waals surface area contributed by atoms with Crippen molar-refractivity contribution >= 4 is 10.1 Å². The summed E-state index contributed by atoms with van der Waals surface area (Å²) in [7, 11) is -3.72. The number of ether oxygens (including phenoxy) is 2. The average Bonchev–Trinajstić information content (AvgIpc) is 3.36. The third-order valence-electron chi connectivity index (χ3n) is 6.47. The van der Waals surface area contributed by atoms with E-state index in [0.29, 0.717) is 19.5 Å². The monoisotopic (exact) mass is 447 g/mol. The van der Waals surface area contributed by atoms with Crippen LogP contribution in [0.15, 0.2) is 48.5 Å². The van der Waals surface area contributed by atoms with Crippen molar-refractivity contribution in [2.75, 3.05) is 25.6 Å². The lowest BCUT2D eigenvalue weighted by atomic mass is 9.90. The van der Waals surface area contributed by atoms with Crippen LogP contribution in [-0.2, 0) is 30.2 Å². The van der Waals surface area contributed by atoms with Gasteiger partial charge in [-0.3, -0.25) is 9.08 Å². The predicted molar refractivity (Wildman–Crippen MR) is 112 cm³/mol. The highest BCUT2D eigenvalue weighted by Crippen LogP contribution is 2.38. The third kappa shape index (κ3) is 4.40. The molecule has 2 saturated heterocycles. The molecule has 0 saturated carbocycles. The van der Waals surface area contributed by atoms with E-state index in [1.807, 2.05) is 29.2 Å². The zero-order valence-electron chi connectivity index (χ0n) is 17.2. The topological polar surface area (TPSA) is 65.1 Å². The number of aryl methyl sites for hydroxylation is 1. The van der Waals surface area contributed by atoms with Gasteiger partial charge in [0, 0.05) is 19.0 Å². The molecule has 0 amide bonds. The summed E-state index contributed by atoms with van der Waals surface area (Å²) >= 11 is 0. The van der Waals surface area contributed by atoms with Crippen molar-refractivity contribution in [2.24, 2.45) is 0 Å². The van der Waals surface area contributed by atoms with E-state index in [4.69, 9.17) is 13.7 Å². The van der Waals surface area contributed by atoms with Crippen LogP contribution in [-0.4, -0.2) is 51.3 Å². The van der Waals surface area contributed by atoms with Crippen LogP contribution in [0.5, 0.6) is 0 Å². The Labute approximate surface area is 182 Å². The number of halogens is 1. The van der Waals surface area contributed by atoms with Crippen LogP contribution in [0, 0.1) is 5.82 Å².